The van der Waals surface area contributed by atoms with E-state index in [1.165, 1.54) is 33.5 Å². The first kappa shape index (κ1) is 21.8. The Kier molecular flexibility index (Phi) is 7.24. The van der Waals surface area contributed by atoms with Gasteiger partial charge in [-0.3, -0.25) is 9.48 Å². The molecule has 0 saturated carbocycles. The third kappa shape index (κ3) is 5.28. The number of esters is 1. The van der Waals surface area contributed by atoms with Crippen LogP contribution in [0.3, 0.4) is 0 Å². The zero-order chi connectivity index (χ0) is 21.6. The predicted octanol–water partition coefficient (Wildman–Crippen LogP) is 2.26. The van der Waals surface area contributed by atoms with Gasteiger partial charge >= 0.3 is 5.97 Å². The summed E-state index contributed by atoms with van der Waals surface area (Å²) in [6.07, 6.45) is 2.74. The lowest BCUT2D eigenvalue weighted by Crippen LogP contribution is -2.20. The number of carbonyl (C=O) groups excluding carboxylic acids is 2. The van der Waals surface area contributed by atoms with Gasteiger partial charge in [-0.15, -0.1) is 0 Å². The Morgan fingerprint density at radius 2 is 1.72 bits per heavy atom. The highest BCUT2D eigenvalue weighted by molar-refractivity contribution is 5.95. The SMILES string of the molecule is COc1cc(/C=C/C(=O)OCC(=O)Nc2c(C)nn(C)c2C)cc(OC)c1OC. The van der Waals surface area contributed by atoms with E-state index >= 15 is 0 Å². The average Bonchev–Trinajstić information content (AvgIpc) is 2.95. The summed E-state index contributed by atoms with van der Waals surface area (Å²) in [5, 5.41) is 6.92. The quantitative estimate of drug-likeness (QED) is 0.533. The minimum Gasteiger partial charge on any atom is -0.493 e. The molecule has 0 saturated heterocycles. The lowest BCUT2D eigenvalue weighted by Gasteiger charge is -2.12. The van der Waals surface area contributed by atoms with E-state index in [1.807, 2.05) is 6.92 Å². The van der Waals surface area contributed by atoms with Crippen LogP contribution in [0.1, 0.15) is 17.0 Å². The zero-order valence-electron chi connectivity index (χ0n) is 17.4. The Hall–Kier alpha value is -3.49. The number of rotatable bonds is 8. The molecule has 0 aliphatic carbocycles. The molecule has 0 spiro atoms. The largest absolute Gasteiger partial charge is 0.493 e. The van der Waals surface area contributed by atoms with E-state index in [4.69, 9.17) is 18.9 Å². The number of nitrogens with zero attached hydrogens (tertiary/aromatic N) is 2. The zero-order valence-corrected chi connectivity index (χ0v) is 17.4. The molecule has 0 unspecified atom stereocenters. The lowest BCUT2D eigenvalue weighted by atomic mass is 10.1. The third-order valence-corrected chi connectivity index (χ3v) is 4.22. The van der Waals surface area contributed by atoms with Gasteiger partial charge in [-0.25, -0.2) is 4.79 Å². The van der Waals surface area contributed by atoms with Crippen molar-refractivity contribution in [2.45, 2.75) is 13.8 Å². The first-order valence-corrected chi connectivity index (χ1v) is 8.75. The maximum atomic E-state index is 12.0. The van der Waals surface area contributed by atoms with Gasteiger partial charge in [0, 0.05) is 13.1 Å². The van der Waals surface area contributed by atoms with E-state index in [1.54, 1.807) is 30.8 Å². The van der Waals surface area contributed by atoms with Crippen molar-refractivity contribution >= 4 is 23.6 Å². The fraction of sp³-hybridized carbons (Fsp3) is 0.350. The molecule has 2 rings (SSSR count). The molecule has 1 amide bonds. The molecular weight excluding hydrogens is 378 g/mol. The van der Waals surface area contributed by atoms with Crippen molar-refractivity contribution in [3.8, 4) is 17.2 Å². The van der Waals surface area contributed by atoms with Gasteiger partial charge in [0.1, 0.15) is 0 Å². The van der Waals surface area contributed by atoms with E-state index in [-0.39, 0.29) is 0 Å². The molecule has 0 aliphatic heterocycles. The van der Waals surface area contributed by atoms with Gasteiger partial charge in [-0.2, -0.15) is 5.10 Å². The Balaban J connectivity index is 1.98. The topological polar surface area (TPSA) is 101 Å². The summed E-state index contributed by atoms with van der Waals surface area (Å²) in [6, 6.07) is 3.37. The first-order valence-electron chi connectivity index (χ1n) is 8.75. The van der Waals surface area contributed by atoms with Gasteiger partial charge in [0.25, 0.3) is 5.91 Å². The van der Waals surface area contributed by atoms with Crippen LogP contribution in [0.4, 0.5) is 5.69 Å². The predicted molar refractivity (Wildman–Crippen MR) is 107 cm³/mol. The van der Waals surface area contributed by atoms with Crippen molar-refractivity contribution in [2.75, 3.05) is 33.3 Å². The maximum absolute atomic E-state index is 12.0. The molecule has 0 radical (unpaired) electrons. The smallest absolute Gasteiger partial charge is 0.331 e. The third-order valence-electron chi connectivity index (χ3n) is 4.22. The summed E-state index contributed by atoms with van der Waals surface area (Å²) in [5.41, 5.74) is 2.75. The summed E-state index contributed by atoms with van der Waals surface area (Å²) < 4.78 is 22.4. The Morgan fingerprint density at radius 3 is 2.21 bits per heavy atom. The van der Waals surface area contributed by atoms with Gasteiger partial charge < -0.3 is 24.3 Å². The van der Waals surface area contributed by atoms with E-state index in [0.29, 0.717) is 34.2 Å². The van der Waals surface area contributed by atoms with Gasteiger partial charge in [0.2, 0.25) is 5.75 Å². The van der Waals surface area contributed by atoms with Crippen LogP contribution in [0.15, 0.2) is 18.2 Å². The maximum Gasteiger partial charge on any atom is 0.331 e. The van der Waals surface area contributed by atoms with Crippen LogP contribution >= 0.6 is 0 Å². The molecular formula is C20H25N3O6. The Labute approximate surface area is 169 Å². The molecule has 29 heavy (non-hydrogen) atoms. The van der Waals surface area contributed by atoms with Crippen LogP contribution in [0.2, 0.25) is 0 Å². The number of nitrogens with one attached hydrogen (secondary N) is 1. The van der Waals surface area contributed by atoms with Gasteiger partial charge in [0.15, 0.2) is 18.1 Å². The molecule has 9 nitrogen and oxygen atoms in total. The summed E-state index contributed by atoms with van der Waals surface area (Å²) in [6.45, 7) is 3.21. The number of methoxy groups -OCH3 is 3. The van der Waals surface area contributed by atoms with Crippen LogP contribution in [0.25, 0.3) is 6.08 Å². The van der Waals surface area contributed by atoms with E-state index < -0.39 is 18.5 Å². The molecule has 9 heteroatoms. The highest BCUT2D eigenvalue weighted by atomic mass is 16.5. The highest BCUT2D eigenvalue weighted by Crippen LogP contribution is 2.38. The fourth-order valence-electron chi connectivity index (χ4n) is 2.68. The van der Waals surface area contributed by atoms with Crippen LogP contribution in [-0.4, -0.2) is 49.6 Å². The van der Waals surface area contributed by atoms with Crippen molar-refractivity contribution in [1.82, 2.24) is 9.78 Å². The summed E-state index contributed by atoms with van der Waals surface area (Å²) in [7, 11) is 6.30. The van der Waals surface area contributed by atoms with Gasteiger partial charge in [-0.05, 0) is 37.6 Å². The summed E-state index contributed by atoms with van der Waals surface area (Å²) >= 11 is 0. The monoisotopic (exact) mass is 403 g/mol. The number of anilines is 1. The second-order valence-electron chi connectivity index (χ2n) is 6.12. The molecule has 0 bridgehead atoms. The number of hydrogen-bond acceptors (Lipinski definition) is 7. The number of carbonyl (C=O) groups is 2. The number of benzene rings is 1. The molecule has 156 valence electrons. The summed E-state index contributed by atoms with van der Waals surface area (Å²) in [5.74, 6) is 0.266. The van der Waals surface area contributed by atoms with E-state index in [9.17, 15) is 9.59 Å². The Bertz CT molecular complexity index is 908. The van der Waals surface area contributed by atoms with Crippen molar-refractivity contribution in [1.29, 1.82) is 0 Å². The molecule has 1 heterocycles. The first-order chi connectivity index (χ1) is 13.8. The average molecular weight is 403 g/mol. The fourth-order valence-corrected chi connectivity index (χ4v) is 2.68. The van der Waals surface area contributed by atoms with Crippen LogP contribution in [-0.2, 0) is 21.4 Å². The van der Waals surface area contributed by atoms with Crippen molar-refractivity contribution < 1.29 is 28.5 Å². The van der Waals surface area contributed by atoms with E-state index in [2.05, 4.69) is 10.4 Å². The molecule has 1 N–H and O–H groups in total. The van der Waals surface area contributed by atoms with Gasteiger partial charge in [-0.1, -0.05) is 0 Å². The lowest BCUT2D eigenvalue weighted by molar-refractivity contribution is -0.142. The van der Waals surface area contributed by atoms with E-state index in [0.717, 1.165) is 5.69 Å². The van der Waals surface area contributed by atoms with Crippen molar-refractivity contribution in [2.24, 2.45) is 7.05 Å². The standard InChI is InChI=1S/C20H25N3O6/c1-12-19(13(2)23(3)22-12)21-17(24)11-29-18(25)8-7-14-9-15(26-4)20(28-6)16(10-14)27-5/h7-10H,11H2,1-6H3,(H,21,24)/b8-7+. The molecule has 0 atom stereocenters. The normalized spacial score (nSPS) is 10.7. The number of aromatic nitrogens is 2. The molecule has 2 aromatic rings. The second kappa shape index (κ2) is 9.63. The number of ether oxygens (including phenoxy) is 4. The van der Waals surface area contributed by atoms with Gasteiger partial charge in [0.05, 0.1) is 38.4 Å². The minimum atomic E-state index is -0.659. The molecule has 0 aliphatic rings. The van der Waals surface area contributed by atoms with Crippen LogP contribution < -0.4 is 19.5 Å². The number of amides is 1. The second-order valence-corrected chi connectivity index (χ2v) is 6.12. The number of aryl methyl sites for hydroxylation is 2. The van der Waals surface area contributed by atoms with Crippen LogP contribution in [0.5, 0.6) is 17.2 Å². The van der Waals surface area contributed by atoms with Crippen molar-refractivity contribution in [3.05, 3.63) is 35.2 Å². The van der Waals surface area contributed by atoms with Crippen molar-refractivity contribution in [3.63, 3.8) is 0 Å². The highest BCUT2D eigenvalue weighted by Gasteiger charge is 2.14. The Morgan fingerprint density at radius 1 is 1.10 bits per heavy atom. The minimum absolute atomic E-state index is 0.411. The van der Waals surface area contributed by atoms with Crippen LogP contribution in [0, 0.1) is 13.8 Å². The summed E-state index contributed by atoms with van der Waals surface area (Å²) in [4.78, 5) is 24.0. The number of hydrogen-bond donors (Lipinski definition) is 1. The molecule has 1 aromatic carbocycles. The molecule has 1 aromatic heterocycles. The molecule has 0 fully saturated rings.